The van der Waals surface area contributed by atoms with E-state index in [2.05, 4.69) is 13.8 Å². The molecular formula is C44H76O8Sn. The molecule has 0 saturated carbocycles. The van der Waals surface area contributed by atoms with E-state index in [9.17, 15) is 19.2 Å². The maximum atomic E-state index is 13.0. The number of hydrogen-bond acceptors (Lipinski definition) is 8. The molecule has 304 valence electrons. The molecule has 0 aromatic rings. The summed E-state index contributed by atoms with van der Waals surface area (Å²) < 4.78 is 21.5. The van der Waals surface area contributed by atoms with Crippen molar-refractivity contribution in [2.75, 3.05) is 0 Å². The van der Waals surface area contributed by atoms with E-state index in [0.717, 1.165) is 63.5 Å². The van der Waals surface area contributed by atoms with Crippen molar-refractivity contribution in [2.45, 2.75) is 232 Å². The summed E-state index contributed by atoms with van der Waals surface area (Å²) in [6, 6.07) is 0. The molecule has 0 aromatic heterocycles. The van der Waals surface area contributed by atoms with E-state index in [4.69, 9.17) is 12.3 Å². The molecule has 0 N–H and O–H groups in total. The van der Waals surface area contributed by atoms with E-state index in [0.29, 0.717) is 12.8 Å². The maximum absolute atomic E-state index is 13.0. The van der Waals surface area contributed by atoms with Crippen LogP contribution in [0.25, 0.3) is 0 Å². The zero-order valence-corrected chi connectivity index (χ0v) is 36.8. The van der Waals surface area contributed by atoms with E-state index in [1.807, 2.05) is 0 Å². The summed E-state index contributed by atoms with van der Waals surface area (Å²) in [4.78, 5) is 51.3. The number of carbonyl (C=O) groups is 4. The molecule has 2 aliphatic rings. The summed E-state index contributed by atoms with van der Waals surface area (Å²) in [5.41, 5.74) is 0.318. The molecule has 0 bridgehead atoms. The molecule has 0 amide bonds. The van der Waals surface area contributed by atoms with Gasteiger partial charge in [0.05, 0.1) is 0 Å². The molecule has 2 aliphatic heterocycles. The Hall–Kier alpha value is -1.84. The molecule has 0 saturated heterocycles. The quantitative estimate of drug-likeness (QED) is 0.0465. The van der Waals surface area contributed by atoms with Gasteiger partial charge in [0, 0.05) is 0 Å². The second-order valence-electron chi connectivity index (χ2n) is 15.6. The SMILES string of the molecule is CCCCCCCCCCCCCCCCCCC1=CC(=O)[O][Sn]2([O]C(=O)C=C(CCCCCCCCCCCCCCCCCC)C(=O)[O]2)[O]C1=O. The Morgan fingerprint density at radius 1 is 0.340 bits per heavy atom. The van der Waals surface area contributed by atoms with Crippen molar-refractivity contribution < 1.29 is 31.5 Å². The first-order valence-electron chi connectivity index (χ1n) is 22.2. The normalized spacial score (nSPS) is 15.7. The van der Waals surface area contributed by atoms with Gasteiger partial charge in [-0.15, -0.1) is 0 Å². The third-order valence-corrected chi connectivity index (χ3v) is 15.7. The van der Waals surface area contributed by atoms with E-state index >= 15 is 0 Å². The predicted molar refractivity (Wildman–Crippen MR) is 215 cm³/mol. The molecule has 2 rings (SSSR count). The van der Waals surface area contributed by atoms with Crippen molar-refractivity contribution in [3.63, 3.8) is 0 Å². The van der Waals surface area contributed by atoms with Gasteiger partial charge in [-0.2, -0.15) is 0 Å². The van der Waals surface area contributed by atoms with Crippen LogP contribution in [0.1, 0.15) is 232 Å². The van der Waals surface area contributed by atoms with Crippen LogP contribution in [0.3, 0.4) is 0 Å². The number of unbranched alkanes of at least 4 members (excludes halogenated alkanes) is 30. The van der Waals surface area contributed by atoms with Crippen LogP contribution >= 0.6 is 0 Å². The van der Waals surface area contributed by atoms with Crippen molar-refractivity contribution in [2.24, 2.45) is 0 Å². The Morgan fingerprint density at radius 3 is 0.811 bits per heavy atom. The van der Waals surface area contributed by atoms with Crippen LogP contribution in [-0.2, 0) is 31.5 Å². The van der Waals surface area contributed by atoms with Crippen LogP contribution in [0.15, 0.2) is 23.3 Å². The molecule has 0 fully saturated rings. The van der Waals surface area contributed by atoms with Crippen molar-refractivity contribution in [1.29, 1.82) is 0 Å². The van der Waals surface area contributed by atoms with E-state index in [1.54, 1.807) is 0 Å². The van der Waals surface area contributed by atoms with Gasteiger partial charge in [0.25, 0.3) is 0 Å². The van der Waals surface area contributed by atoms with Gasteiger partial charge in [-0.05, 0) is 0 Å². The summed E-state index contributed by atoms with van der Waals surface area (Å²) in [5, 5.41) is 0. The van der Waals surface area contributed by atoms with Gasteiger partial charge in [0.1, 0.15) is 0 Å². The molecule has 0 atom stereocenters. The van der Waals surface area contributed by atoms with Crippen LogP contribution in [0.2, 0.25) is 0 Å². The second-order valence-corrected chi connectivity index (χ2v) is 20.8. The molecule has 9 heteroatoms. The first-order valence-corrected chi connectivity index (χ1v) is 26.9. The number of carbonyl (C=O) groups excluding carboxylic acids is 4. The summed E-state index contributed by atoms with van der Waals surface area (Å²) >= 11 is -5.63. The van der Waals surface area contributed by atoms with Crippen molar-refractivity contribution in [3.8, 4) is 0 Å². The average Bonchev–Trinajstić information content (AvgIpc) is 3.32. The van der Waals surface area contributed by atoms with Gasteiger partial charge >= 0.3 is 214 Å². The van der Waals surface area contributed by atoms with Crippen molar-refractivity contribution >= 4 is 43.9 Å². The first-order chi connectivity index (χ1) is 25.9. The zero-order chi connectivity index (χ0) is 38.2. The minimum absolute atomic E-state index is 0.159. The molecule has 1 spiro atoms. The van der Waals surface area contributed by atoms with Gasteiger partial charge in [-0.1, -0.05) is 117 Å². The summed E-state index contributed by atoms with van der Waals surface area (Å²) in [7, 11) is 0. The van der Waals surface area contributed by atoms with Crippen LogP contribution in [-0.4, -0.2) is 43.9 Å². The fourth-order valence-electron chi connectivity index (χ4n) is 7.27. The zero-order valence-electron chi connectivity index (χ0n) is 34.0. The molecule has 0 unspecified atom stereocenters. The Morgan fingerprint density at radius 2 is 0.566 bits per heavy atom. The van der Waals surface area contributed by atoms with E-state index < -0.39 is 43.9 Å². The van der Waals surface area contributed by atoms with Crippen molar-refractivity contribution in [3.05, 3.63) is 23.3 Å². The topological polar surface area (TPSA) is 105 Å². The summed E-state index contributed by atoms with van der Waals surface area (Å²) in [6.07, 6.45) is 42.8. The van der Waals surface area contributed by atoms with Crippen molar-refractivity contribution in [1.82, 2.24) is 0 Å². The van der Waals surface area contributed by atoms with E-state index in [1.165, 1.54) is 154 Å². The van der Waals surface area contributed by atoms with Gasteiger partial charge < -0.3 is 0 Å². The average molecular weight is 852 g/mol. The van der Waals surface area contributed by atoms with Crippen LogP contribution < -0.4 is 0 Å². The molecule has 0 radical (unpaired) electrons. The molecule has 53 heavy (non-hydrogen) atoms. The second kappa shape index (κ2) is 31.4. The van der Waals surface area contributed by atoms with Crippen LogP contribution in [0.4, 0.5) is 0 Å². The Bertz CT molecular complexity index is 999. The molecular weight excluding hydrogens is 775 g/mol. The summed E-state index contributed by atoms with van der Waals surface area (Å²) in [6.45, 7) is 4.52. The standard InChI is InChI=1S/2C22H40O4.Sn/c2*1-2-3-4-5-6-7-8-9-10-11-12-13-14-15-16-17-18-20(22(25)26)19-21(23)24;/h2*19H,2-18H2,1H3,(H,23,24)(H,25,26);/q;;+4/p-4. The fourth-order valence-corrected chi connectivity index (χ4v) is 11.8. The van der Waals surface area contributed by atoms with Gasteiger partial charge in [0.15, 0.2) is 0 Å². The molecule has 0 aromatic carbocycles. The molecule has 2 heterocycles. The number of rotatable bonds is 34. The third-order valence-electron chi connectivity index (χ3n) is 10.6. The van der Waals surface area contributed by atoms with Crippen LogP contribution in [0.5, 0.6) is 0 Å². The molecule has 0 aliphatic carbocycles. The minimum atomic E-state index is -5.63. The monoisotopic (exact) mass is 852 g/mol. The third kappa shape index (κ3) is 23.6. The van der Waals surface area contributed by atoms with E-state index in [-0.39, 0.29) is 11.1 Å². The van der Waals surface area contributed by atoms with Crippen LogP contribution in [0, 0.1) is 0 Å². The van der Waals surface area contributed by atoms with Gasteiger partial charge in [-0.3, -0.25) is 0 Å². The summed E-state index contributed by atoms with van der Waals surface area (Å²) in [5.74, 6) is -3.37. The van der Waals surface area contributed by atoms with Gasteiger partial charge in [0.2, 0.25) is 0 Å². The Balaban J connectivity index is 1.55. The number of hydrogen-bond donors (Lipinski definition) is 0. The molecule has 8 nitrogen and oxygen atoms in total. The Labute approximate surface area is 329 Å². The van der Waals surface area contributed by atoms with Gasteiger partial charge in [-0.25, -0.2) is 0 Å². The fraction of sp³-hybridized carbons (Fsp3) is 0.818. The Kier molecular flexibility index (Phi) is 28.0. The first kappa shape index (κ1) is 47.3. The predicted octanol–water partition coefficient (Wildman–Crippen LogP) is 12.8.